The molecular weight excluding hydrogens is 352 g/mol. The van der Waals surface area contributed by atoms with Crippen molar-refractivity contribution < 1.29 is 14.6 Å². The average molecular weight is 383 g/mol. The third-order valence-electron chi connectivity index (χ3n) is 6.24. The molecule has 2 atom stereocenters. The van der Waals surface area contributed by atoms with E-state index in [-0.39, 0.29) is 5.91 Å². The van der Waals surface area contributed by atoms with Crippen molar-refractivity contribution in [1.29, 1.82) is 0 Å². The summed E-state index contributed by atoms with van der Waals surface area (Å²) in [5, 5.41) is 16.0. The van der Waals surface area contributed by atoms with Gasteiger partial charge in [0.25, 0.3) is 0 Å². The fraction of sp³-hybridized carbons (Fsp3) is 0.522. The van der Waals surface area contributed by atoms with Crippen LogP contribution in [0, 0.1) is 5.41 Å². The molecule has 0 unspecified atom stereocenters. The fourth-order valence-corrected chi connectivity index (χ4v) is 4.71. The van der Waals surface area contributed by atoms with Gasteiger partial charge >= 0.3 is 0 Å². The van der Waals surface area contributed by atoms with E-state index in [1.807, 2.05) is 0 Å². The minimum atomic E-state index is -0.675. The summed E-state index contributed by atoms with van der Waals surface area (Å²) in [4.78, 5) is 15.0. The summed E-state index contributed by atoms with van der Waals surface area (Å²) in [5.74, 6) is 0.935. The number of nitrogens with zero attached hydrogens (tertiary/aromatic N) is 1. The number of rotatable bonds is 5. The molecule has 0 bridgehead atoms. The zero-order valence-electron chi connectivity index (χ0n) is 16.6. The predicted octanol–water partition coefficient (Wildman–Crippen LogP) is 3.09. The highest BCUT2D eigenvalue weighted by Gasteiger charge is 2.49. The molecule has 0 saturated carbocycles. The molecule has 5 nitrogen and oxygen atoms in total. The third kappa shape index (κ3) is 3.49. The lowest BCUT2D eigenvalue weighted by Gasteiger charge is -2.47. The third-order valence-corrected chi connectivity index (χ3v) is 6.24. The molecule has 2 heterocycles. The van der Waals surface area contributed by atoms with E-state index in [0.717, 1.165) is 38.1 Å². The van der Waals surface area contributed by atoms with Gasteiger partial charge in [-0.15, -0.1) is 0 Å². The molecule has 28 heavy (non-hydrogen) atoms. The number of amides is 1. The maximum absolute atomic E-state index is 12.7. The molecule has 2 aromatic rings. The highest BCUT2D eigenvalue weighted by atomic mass is 16.5. The summed E-state index contributed by atoms with van der Waals surface area (Å²) >= 11 is 0. The van der Waals surface area contributed by atoms with Gasteiger partial charge in [0, 0.05) is 31.7 Å². The molecule has 2 N–H and O–H groups in total. The van der Waals surface area contributed by atoms with Gasteiger partial charge in [0.1, 0.15) is 5.75 Å². The van der Waals surface area contributed by atoms with E-state index >= 15 is 0 Å². The minimum Gasteiger partial charge on any atom is -0.493 e. The molecule has 0 aliphatic carbocycles. The Balaban J connectivity index is 1.64. The number of hydrogen-bond donors (Lipinski definition) is 2. The van der Waals surface area contributed by atoms with Gasteiger partial charge in [-0.2, -0.15) is 0 Å². The van der Waals surface area contributed by atoms with Gasteiger partial charge in [0.2, 0.25) is 5.91 Å². The first-order valence-corrected chi connectivity index (χ1v) is 10.5. The molecule has 5 heteroatoms. The van der Waals surface area contributed by atoms with Gasteiger partial charge in [0.05, 0.1) is 18.1 Å². The first-order chi connectivity index (χ1) is 13.6. The highest BCUT2D eigenvalue weighted by Crippen LogP contribution is 2.39. The number of nitrogens with one attached hydrogen (secondary N) is 1. The van der Waals surface area contributed by atoms with Crippen molar-refractivity contribution in [1.82, 2.24) is 10.2 Å². The molecule has 150 valence electrons. The van der Waals surface area contributed by atoms with Crippen LogP contribution in [0.2, 0.25) is 0 Å². The van der Waals surface area contributed by atoms with Gasteiger partial charge in [-0.3, -0.25) is 9.69 Å². The SMILES string of the molecule is CCCOc1ccc2ccccc2c1CN1CC[C@H](O)[C@@]2(CCCNC2=O)C1. The molecule has 2 aromatic carbocycles. The number of piperidine rings is 2. The number of benzene rings is 2. The summed E-state index contributed by atoms with van der Waals surface area (Å²) in [6.45, 7) is 5.62. The number of likely N-dealkylation sites (tertiary alicyclic amines) is 1. The van der Waals surface area contributed by atoms with Crippen molar-refractivity contribution in [2.24, 2.45) is 5.41 Å². The van der Waals surface area contributed by atoms with Crippen molar-refractivity contribution in [3.8, 4) is 5.75 Å². The van der Waals surface area contributed by atoms with Crippen LogP contribution >= 0.6 is 0 Å². The van der Waals surface area contributed by atoms with E-state index in [4.69, 9.17) is 4.74 Å². The van der Waals surface area contributed by atoms with Crippen molar-refractivity contribution in [3.63, 3.8) is 0 Å². The van der Waals surface area contributed by atoms with E-state index in [0.29, 0.717) is 26.1 Å². The van der Waals surface area contributed by atoms with Crippen molar-refractivity contribution in [3.05, 3.63) is 42.0 Å². The van der Waals surface area contributed by atoms with Gasteiger partial charge in [-0.1, -0.05) is 37.3 Å². The van der Waals surface area contributed by atoms with Crippen LogP contribution in [0.15, 0.2) is 36.4 Å². The van der Waals surface area contributed by atoms with Crippen LogP contribution in [0.25, 0.3) is 10.8 Å². The summed E-state index contributed by atoms with van der Waals surface area (Å²) in [6.07, 6.45) is 2.71. The Morgan fingerprint density at radius 2 is 2.14 bits per heavy atom. The number of carbonyl (C=O) groups is 1. The Bertz CT molecular complexity index is 853. The van der Waals surface area contributed by atoms with Gasteiger partial charge in [-0.05, 0) is 42.5 Å². The van der Waals surface area contributed by atoms with Crippen LogP contribution in [0.3, 0.4) is 0 Å². The molecule has 2 aliphatic heterocycles. The number of ether oxygens (including phenoxy) is 1. The van der Waals surface area contributed by atoms with Crippen LogP contribution in [0.5, 0.6) is 5.75 Å². The van der Waals surface area contributed by atoms with E-state index in [2.05, 4.69) is 53.5 Å². The van der Waals surface area contributed by atoms with Crippen molar-refractivity contribution in [2.75, 3.05) is 26.2 Å². The molecule has 0 aromatic heterocycles. The summed E-state index contributed by atoms with van der Waals surface area (Å²) in [6, 6.07) is 12.6. The standard InChI is InChI=1S/C23H30N2O3/c1-2-14-28-20-9-8-17-6-3-4-7-18(17)19(20)15-25-13-10-21(26)23(16-25)11-5-12-24-22(23)27/h3-4,6-9,21,26H,2,5,10-16H2,1H3,(H,24,27)/t21-,23+/m0/s1. The van der Waals surface area contributed by atoms with Crippen LogP contribution in [0.1, 0.15) is 38.2 Å². The van der Waals surface area contributed by atoms with Crippen molar-refractivity contribution in [2.45, 2.75) is 45.3 Å². The monoisotopic (exact) mass is 382 g/mol. The Labute approximate surface area is 166 Å². The molecule has 1 spiro atoms. The topological polar surface area (TPSA) is 61.8 Å². The van der Waals surface area contributed by atoms with Crippen LogP contribution in [0.4, 0.5) is 0 Å². The van der Waals surface area contributed by atoms with Gasteiger partial charge in [0.15, 0.2) is 0 Å². The van der Waals surface area contributed by atoms with Crippen LogP contribution < -0.4 is 10.1 Å². The molecule has 2 aliphatic rings. The summed E-state index contributed by atoms with van der Waals surface area (Å²) < 4.78 is 6.06. The quantitative estimate of drug-likeness (QED) is 0.834. The lowest BCUT2D eigenvalue weighted by atomic mass is 9.71. The first-order valence-electron chi connectivity index (χ1n) is 10.5. The van der Waals surface area contributed by atoms with Gasteiger partial charge in [-0.25, -0.2) is 0 Å². The van der Waals surface area contributed by atoms with E-state index in [1.165, 1.54) is 16.3 Å². The molecule has 1 amide bonds. The summed E-state index contributed by atoms with van der Waals surface area (Å²) in [5.41, 5.74) is 0.500. The van der Waals surface area contributed by atoms with Gasteiger partial charge < -0.3 is 15.2 Å². The Hall–Kier alpha value is -2.11. The van der Waals surface area contributed by atoms with Crippen molar-refractivity contribution >= 4 is 16.7 Å². The molecule has 4 rings (SSSR count). The molecular formula is C23H30N2O3. The number of aliphatic hydroxyl groups is 1. The summed E-state index contributed by atoms with van der Waals surface area (Å²) in [7, 11) is 0. The average Bonchev–Trinajstić information content (AvgIpc) is 2.72. The first kappa shape index (κ1) is 19.2. The molecule has 2 fully saturated rings. The Morgan fingerprint density at radius 3 is 2.96 bits per heavy atom. The zero-order chi connectivity index (χ0) is 19.6. The van der Waals surface area contributed by atoms with Crippen LogP contribution in [-0.2, 0) is 11.3 Å². The maximum atomic E-state index is 12.7. The Kier molecular flexibility index (Phi) is 5.56. The van der Waals surface area contributed by atoms with E-state index in [1.54, 1.807) is 0 Å². The lowest BCUT2D eigenvalue weighted by molar-refractivity contribution is -0.149. The zero-order valence-corrected chi connectivity index (χ0v) is 16.6. The normalized spacial score (nSPS) is 25.8. The van der Waals surface area contributed by atoms with Crippen LogP contribution in [-0.4, -0.2) is 48.3 Å². The smallest absolute Gasteiger partial charge is 0.230 e. The number of fused-ring (bicyclic) bond motifs is 1. The molecule has 0 radical (unpaired) electrons. The second-order valence-corrected chi connectivity index (χ2v) is 8.14. The maximum Gasteiger partial charge on any atom is 0.230 e. The predicted molar refractivity (Wildman–Crippen MR) is 110 cm³/mol. The largest absolute Gasteiger partial charge is 0.493 e. The highest BCUT2D eigenvalue weighted by molar-refractivity contribution is 5.88. The van der Waals surface area contributed by atoms with E-state index in [9.17, 15) is 9.90 Å². The molecule has 2 saturated heterocycles. The lowest BCUT2D eigenvalue weighted by Crippen LogP contribution is -2.61. The fourth-order valence-electron chi connectivity index (χ4n) is 4.71. The second-order valence-electron chi connectivity index (χ2n) is 8.14. The minimum absolute atomic E-state index is 0.0105. The number of carbonyl (C=O) groups excluding carboxylic acids is 1. The number of hydrogen-bond acceptors (Lipinski definition) is 4. The second kappa shape index (κ2) is 8.10. The van der Waals surface area contributed by atoms with E-state index < -0.39 is 11.5 Å². The Morgan fingerprint density at radius 1 is 1.29 bits per heavy atom. The number of aliphatic hydroxyl groups excluding tert-OH is 1.